The molecule has 4 N–H and O–H groups in total. The number of ether oxygens (including phenoxy) is 3. The van der Waals surface area contributed by atoms with Crippen LogP contribution in [0.3, 0.4) is 0 Å². The van der Waals surface area contributed by atoms with E-state index in [0.29, 0.717) is 19.3 Å². The fraction of sp³-hybridized carbons (Fsp3) is 0.932. The van der Waals surface area contributed by atoms with E-state index in [1.165, 1.54) is 89.9 Å². The Labute approximate surface area is 351 Å². The van der Waals surface area contributed by atoms with Crippen LogP contribution < -0.4 is 5.32 Å². The van der Waals surface area contributed by atoms with E-state index in [-0.39, 0.29) is 25.2 Å². The Morgan fingerprint density at radius 1 is 0.621 bits per heavy atom. The maximum absolute atomic E-state index is 13.6. The molecule has 2 unspecified atom stereocenters. The van der Waals surface area contributed by atoms with Crippen LogP contribution in [0.4, 0.5) is 0 Å². The van der Waals surface area contributed by atoms with Gasteiger partial charge in [0.25, 0.3) is 0 Å². The molecule has 1 fully saturated rings. The summed E-state index contributed by atoms with van der Waals surface area (Å²) in [6.07, 6.45) is 22.0. The molecule has 1 aliphatic rings. The number of rotatable bonds is 38. The molecule has 1 saturated heterocycles. The highest BCUT2D eigenvalue weighted by atomic mass is 32.3. The lowest BCUT2D eigenvalue weighted by Crippen LogP contribution is -2.66. The molecule has 0 aromatic carbocycles. The van der Waals surface area contributed by atoms with Crippen LogP contribution in [0.5, 0.6) is 0 Å². The van der Waals surface area contributed by atoms with Crippen LogP contribution in [-0.4, -0.2) is 84.4 Å². The Kier molecular flexibility index (Phi) is 32.5. The lowest BCUT2D eigenvalue weighted by atomic mass is 9.96. The lowest BCUT2D eigenvalue weighted by molar-refractivity contribution is -0.254. The van der Waals surface area contributed by atoms with Gasteiger partial charge in [-0.1, -0.05) is 175 Å². The number of aliphatic hydroxyl groups is 2. The standard InChI is InChI=1S/C44H83NO12S/c1-4-7-10-13-16-19-22-25-28-31-36(54-39(48)32-29-26-23-20-17-14-11-8-5-2)34-38(47)45-41-43(42(57-58(51,52)53)37(35-46)55-44(41)50)56-40(49)33-30-27-24-21-18-15-12-9-6-3/h36-37,41-44,46,50H,4-35H2,1-3H3,(H,45,47)(H,51,52,53)/t36?,37-,41-,42-,43-,44?/m1/s1. The molecule has 1 heterocycles. The minimum absolute atomic E-state index is 0.0118. The van der Waals surface area contributed by atoms with Gasteiger partial charge in [-0.15, -0.1) is 0 Å². The summed E-state index contributed by atoms with van der Waals surface area (Å²) >= 11 is 0. The molecule has 1 amide bonds. The number of unbranched alkanes of at least 4 members (excludes halogenated alkanes) is 24. The number of hydrogen-bond donors (Lipinski definition) is 4. The molecule has 0 aromatic heterocycles. The van der Waals surface area contributed by atoms with Gasteiger partial charge in [-0.2, -0.15) is 8.42 Å². The number of esters is 2. The Bertz CT molecular complexity index is 1160. The fourth-order valence-electron chi connectivity index (χ4n) is 7.57. The molecule has 1 rings (SSSR count). The highest BCUT2D eigenvalue weighted by Gasteiger charge is 2.50. The summed E-state index contributed by atoms with van der Waals surface area (Å²) in [6, 6.07) is -1.53. The van der Waals surface area contributed by atoms with Gasteiger partial charge >= 0.3 is 22.3 Å². The second kappa shape index (κ2) is 34.8. The van der Waals surface area contributed by atoms with Crippen LogP contribution in [0.25, 0.3) is 0 Å². The maximum Gasteiger partial charge on any atom is 0.397 e. The molecule has 13 nitrogen and oxygen atoms in total. The quantitative estimate of drug-likeness (QED) is 0.0262. The third-order valence-corrected chi connectivity index (χ3v) is 11.4. The van der Waals surface area contributed by atoms with Crippen molar-refractivity contribution >= 4 is 28.2 Å². The second-order valence-corrected chi connectivity index (χ2v) is 17.4. The van der Waals surface area contributed by atoms with E-state index in [1.807, 2.05) is 0 Å². The second-order valence-electron chi connectivity index (χ2n) is 16.4. The molecule has 0 spiro atoms. The van der Waals surface area contributed by atoms with Crippen molar-refractivity contribution in [2.24, 2.45) is 0 Å². The lowest BCUT2D eigenvalue weighted by Gasteiger charge is -2.43. The van der Waals surface area contributed by atoms with E-state index in [0.717, 1.165) is 70.6 Å². The maximum atomic E-state index is 13.6. The molecule has 0 aliphatic carbocycles. The van der Waals surface area contributed by atoms with E-state index in [4.69, 9.17) is 18.4 Å². The molecule has 0 bridgehead atoms. The van der Waals surface area contributed by atoms with Gasteiger partial charge in [0, 0.05) is 12.8 Å². The third-order valence-electron chi connectivity index (χ3n) is 11.0. The van der Waals surface area contributed by atoms with Crippen molar-refractivity contribution in [3.05, 3.63) is 0 Å². The summed E-state index contributed by atoms with van der Waals surface area (Å²) in [6.45, 7) is 5.72. The van der Waals surface area contributed by atoms with E-state index in [1.54, 1.807) is 0 Å². The normalized spacial score (nSPS) is 20.1. The molecule has 0 saturated carbocycles. The molecule has 0 aromatic rings. The molecule has 0 radical (unpaired) electrons. The monoisotopic (exact) mass is 850 g/mol. The zero-order valence-electron chi connectivity index (χ0n) is 36.5. The number of aliphatic hydroxyl groups excluding tert-OH is 2. The summed E-state index contributed by atoms with van der Waals surface area (Å²) in [5, 5.41) is 23.5. The smallest absolute Gasteiger partial charge is 0.397 e. The van der Waals surface area contributed by atoms with E-state index in [9.17, 15) is 37.6 Å². The summed E-state index contributed by atoms with van der Waals surface area (Å²) in [5.41, 5.74) is 0. The first-order chi connectivity index (χ1) is 27.9. The summed E-state index contributed by atoms with van der Waals surface area (Å²) < 4.78 is 55.0. The van der Waals surface area contributed by atoms with Crippen LogP contribution in [0.2, 0.25) is 0 Å². The fourth-order valence-corrected chi connectivity index (χ4v) is 8.08. The first-order valence-electron chi connectivity index (χ1n) is 23.2. The van der Waals surface area contributed by atoms with Gasteiger partial charge in [0.05, 0.1) is 13.0 Å². The zero-order valence-corrected chi connectivity index (χ0v) is 37.3. The zero-order chi connectivity index (χ0) is 42.9. The van der Waals surface area contributed by atoms with Gasteiger partial charge in [0.1, 0.15) is 24.4 Å². The van der Waals surface area contributed by atoms with Crippen molar-refractivity contribution < 1.29 is 56.0 Å². The molecular weight excluding hydrogens is 767 g/mol. The SMILES string of the molecule is CCCCCCCCCCCC(=O)OC(CCCCCCCCCCC)CC(=O)N[C@H]1C(O)O[C@H](CO)[C@@H](OS(=O)(=O)O)[C@@H]1OC(=O)CCCCCCCCCCC. The number of nitrogens with one attached hydrogen (secondary N) is 1. The van der Waals surface area contributed by atoms with E-state index >= 15 is 0 Å². The molecule has 342 valence electrons. The predicted octanol–water partition coefficient (Wildman–Crippen LogP) is 9.35. The average Bonchev–Trinajstić information content (AvgIpc) is 3.17. The Hall–Kier alpha value is -1.84. The van der Waals surface area contributed by atoms with Crippen LogP contribution in [0, 0.1) is 0 Å². The molecule has 6 atom stereocenters. The van der Waals surface area contributed by atoms with Crippen molar-refractivity contribution in [3.8, 4) is 0 Å². The first-order valence-corrected chi connectivity index (χ1v) is 24.6. The number of carbonyl (C=O) groups is 3. The van der Waals surface area contributed by atoms with Crippen molar-refractivity contribution in [2.75, 3.05) is 6.61 Å². The Morgan fingerprint density at radius 2 is 1.03 bits per heavy atom. The van der Waals surface area contributed by atoms with Gasteiger partial charge in [0.15, 0.2) is 12.4 Å². The highest BCUT2D eigenvalue weighted by molar-refractivity contribution is 7.80. The van der Waals surface area contributed by atoms with Gasteiger partial charge in [-0.3, -0.25) is 18.9 Å². The summed E-state index contributed by atoms with van der Waals surface area (Å²) in [7, 11) is -5.15. The van der Waals surface area contributed by atoms with Crippen molar-refractivity contribution in [1.29, 1.82) is 0 Å². The topological polar surface area (TPSA) is 195 Å². The number of carbonyl (C=O) groups excluding carboxylic acids is 3. The number of hydrogen-bond acceptors (Lipinski definition) is 11. The number of amides is 1. The van der Waals surface area contributed by atoms with Crippen LogP contribution in [-0.2, 0) is 43.2 Å². The van der Waals surface area contributed by atoms with Gasteiger partial charge < -0.3 is 29.7 Å². The van der Waals surface area contributed by atoms with Crippen LogP contribution in [0.1, 0.15) is 220 Å². The minimum Gasteiger partial charge on any atom is -0.462 e. The highest BCUT2D eigenvalue weighted by Crippen LogP contribution is 2.28. The largest absolute Gasteiger partial charge is 0.462 e. The van der Waals surface area contributed by atoms with E-state index < -0.39 is 65.6 Å². The van der Waals surface area contributed by atoms with Crippen LogP contribution in [0.15, 0.2) is 0 Å². The Morgan fingerprint density at radius 3 is 1.47 bits per heavy atom. The molecule has 1 aliphatic heterocycles. The molecular formula is C44H83NO12S. The summed E-state index contributed by atoms with van der Waals surface area (Å²) in [4.78, 5) is 39.6. The minimum atomic E-state index is -5.15. The molecule has 14 heteroatoms. The Balaban J connectivity index is 2.93. The first kappa shape index (κ1) is 54.2. The average molecular weight is 850 g/mol. The molecule has 58 heavy (non-hydrogen) atoms. The van der Waals surface area contributed by atoms with Crippen molar-refractivity contribution in [3.63, 3.8) is 0 Å². The van der Waals surface area contributed by atoms with Crippen LogP contribution >= 0.6 is 0 Å². The van der Waals surface area contributed by atoms with Gasteiger partial charge in [-0.05, 0) is 25.7 Å². The van der Waals surface area contributed by atoms with Crippen molar-refractivity contribution in [1.82, 2.24) is 5.32 Å². The van der Waals surface area contributed by atoms with Gasteiger partial charge in [0.2, 0.25) is 5.91 Å². The predicted molar refractivity (Wildman–Crippen MR) is 226 cm³/mol. The third kappa shape index (κ3) is 27.8. The van der Waals surface area contributed by atoms with Crippen molar-refractivity contribution in [2.45, 2.75) is 257 Å². The van der Waals surface area contributed by atoms with E-state index in [2.05, 4.69) is 26.1 Å². The van der Waals surface area contributed by atoms with Gasteiger partial charge in [-0.25, -0.2) is 4.18 Å². The summed E-state index contributed by atoms with van der Waals surface area (Å²) in [5.74, 6) is -1.76.